The van der Waals surface area contributed by atoms with E-state index in [-0.39, 0.29) is 23.5 Å². The summed E-state index contributed by atoms with van der Waals surface area (Å²) < 4.78 is -0.0186. The molecule has 0 atom stereocenters. The van der Waals surface area contributed by atoms with Crippen LogP contribution in [0.15, 0.2) is 11.3 Å². The van der Waals surface area contributed by atoms with Gasteiger partial charge in [0.2, 0.25) is 0 Å². The first-order chi connectivity index (χ1) is 5.16. The average molecular weight is 227 g/mol. The van der Waals surface area contributed by atoms with Crippen molar-refractivity contribution in [3.8, 4) is 0 Å². The van der Waals surface area contributed by atoms with E-state index >= 15 is 0 Å². The predicted molar refractivity (Wildman–Crippen MR) is 61.6 cm³/mol. The van der Waals surface area contributed by atoms with Crippen LogP contribution in [0.5, 0.6) is 0 Å². The van der Waals surface area contributed by atoms with Crippen LogP contribution in [0.4, 0.5) is 0 Å². The van der Waals surface area contributed by atoms with Gasteiger partial charge >= 0.3 is 0 Å². The molecule has 0 aromatic carbocycles. The zero-order chi connectivity index (χ0) is 8.69. The van der Waals surface area contributed by atoms with Crippen LogP contribution in [0, 0.1) is 0 Å². The summed E-state index contributed by atoms with van der Waals surface area (Å²) in [6, 6.07) is 2.73. The largest absolute Gasteiger partial charge is 0.110 e. The smallest absolute Gasteiger partial charge is 0.0907 e. The molecule has 0 radical (unpaired) electrons. The quantitative estimate of drug-likeness (QED) is 0.382. The van der Waals surface area contributed by atoms with E-state index in [9.17, 15) is 0 Å². The molecule has 0 aliphatic rings. The van der Waals surface area contributed by atoms with Crippen LogP contribution in [0.2, 0.25) is 12.1 Å². The first-order valence-electron chi connectivity index (χ1n) is 4.06. The third kappa shape index (κ3) is 8.66. The summed E-state index contributed by atoms with van der Waals surface area (Å²) >= 11 is 11.3. The Kier molecular flexibility index (Phi) is 7.91. The summed E-state index contributed by atoms with van der Waals surface area (Å²) in [6.07, 6.45) is 2.23. The normalized spacial score (nSPS) is 14.8. The fourth-order valence-electron chi connectivity index (χ4n) is 0.847. The molecule has 66 valence electrons. The van der Waals surface area contributed by atoms with E-state index in [2.05, 4.69) is 19.9 Å². The van der Waals surface area contributed by atoms with E-state index in [0.717, 1.165) is 0 Å². The van der Waals surface area contributed by atoms with Crippen LogP contribution in [-0.2, 0) is 0 Å². The molecule has 0 fully saturated rings. The van der Waals surface area contributed by atoms with Crippen LogP contribution >= 0.6 is 23.2 Å². The number of hydrogen-bond acceptors (Lipinski definition) is 0. The minimum Gasteiger partial charge on any atom is -0.110 e. The Morgan fingerprint density at radius 2 is 2.09 bits per heavy atom. The summed E-state index contributed by atoms with van der Waals surface area (Å²) in [5.41, 5.74) is 0. The molecule has 0 rings (SSSR count). The van der Waals surface area contributed by atoms with Crippen molar-refractivity contribution in [1.82, 2.24) is 0 Å². The molecular formula is C7H16Cl2Si2. The van der Waals surface area contributed by atoms with E-state index in [4.69, 9.17) is 23.2 Å². The van der Waals surface area contributed by atoms with Gasteiger partial charge in [-0.25, -0.2) is 0 Å². The molecule has 0 N–H and O–H groups in total. The minimum absolute atomic E-state index is 0.0186. The van der Waals surface area contributed by atoms with Crippen molar-refractivity contribution in [3.63, 3.8) is 0 Å². The second-order valence-corrected chi connectivity index (χ2v) is 9.51. The molecule has 0 aliphatic carbocycles. The molecular weight excluding hydrogens is 211 g/mol. The summed E-state index contributed by atoms with van der Waals surface area (Å²) in [7, 11) is -0.0949. The number of halogens is 2. The van der Waals surface area contributed by atoms with Crippen LogP contribution in [0.1, 0.15) is 13.8 Å². The number of rotatable bonds is 5. The molecule has 0 amide bonds. The lowest BCUT2D eigenvalue weighted by molar-refractivity contribution is 1.38. The summed E-state index contributed by atoms with van der Waals surface area (Å²) in [5.74, 6) is 0. The minimum atomic E-state index is -0.166. The molecule has 0 aromatic rings. The molecule has 11 heavy (non-hydrogen) atoms. The van der Waals surface area contributed by atoms with Crippen LogP contribution < -0.4 is 0 Å². The van der Waals surface area contributed by atoms with Gasteiger partial charge in [-0.15, -0.1) is 23.2 Å². The monoisotopic (exact) mass is 226 g/mol. The van der Waals surface area contributed by atoms with Gasteiger partial charge in [-0.2, -0.15) is 0 Å². The number of allylic oxidation sites excluding steroid dienone is 2. The SMILES string of the molecule is CC=C(C)[SiH2]CC[SiH2]C(Cl)Cl. The topological polar surface area (TPSA) is 0 Å². The van der Waals surface area contributed by atoms with Gasteiger partial charge in [0.25, 0.3) is 0 Å². The van der Waals surface area contributed by atoms with Gasteiger partial charge in [-0.1, -0.05) is 23.4 Å². The van der Waals surface area contributed by atoms with Crippen molar-refractivity contribution in [2.24, 2.45) is 0 Å². The van der Waals surface area contributed by atoms with Crippen molar-refractivity contribution in [2.75, 3.05) is 0 Å². The van der Waals surface area contributed by atoms with E-state index in [1.54, 1.807) is 5.20 Å². The Bertz CT molecular complexity index is 124. The zero-order valence-electron chi connectivity index (χ0n) is 7.24. The molecule has 0 heterocycles. The number of hydrogen-bond donors (Lipinski definition) is 0. The van der Waals surface area contributed by atoms with Gasteiger partial charge in [-0.05, 0) is 13.8 Å². The van der Waals surface area contributed by atoms with Crippen molar-refractivity contribution in [2.45, 2.75) is 30.4 Å². The Balaban J connectivity index is 3.15. The number of alkyl halides is 2. The highest BCUT2D eigenvalue weighted by atomic mass is 35.5. The standard InChI is InChI=1S/C7H16Cl2Si2/c1-3-6(2)10-4-5-11-7(8)9/h3,7H,4-5,10-11H2,1-2H3. The van der Waals surface area contributed by atoms with Gasteiger partial charge in [0, 0.05) is 9.52 Å². The van der Waals surface area contributed by atoms with Crippen molar-refractivity contribution < 1.29 is 0 Å². The maximum absolute atomic E-state index is 5.65. The molecule has 0 bridgehead atoms. The van der Waals surface area contributed by atoms with Crippen LogP contribution in [-0.4, -0.2) is 23.5 Å². The Labute approximate surface area is 84.0 Å². The fourth-order valence-corrected chi connectivity index (χ4v) is 5.08. The van der Waals surface area contributed by atoms with Crippen molar-refractivity contribution in [1.29, 1.82) is 0 Å². The molecule has 0 saturated carbocycles. The van der Waals surface area contributed by atoms with E-state index in [1.165, 1.54) is 12.1 Å². The van der Waals surface area contributed by atoms with Crippen molar-refractivity contribution >= 4 is 42.2 Å². The van der Waals surface area contributed by atoms with Gasteiger partial charge < -0.3 is 0 Å². The van der Waals surface area contributed by atoms with Gasteiger partial charge in [0.15, 0.2) is 0 Å². The second kappa shape index (κ2) is 7.41. The van der Waals surface area contributed by atoms with Crippen LogP contribution in [0.3, 0.4) is 0 Å². The maximum atomic E-state index is 5.65. The van der Waals surface area contributed by atoms with Gasteiger partial charge in [0.05, 0.1) is 14.0 Å². The lowest BCUT2D eigenvalue weighted by atomic mass is 10.6. The summed E-state index contributed by atoms with van der Waals surface area (Å²) in [4.78, 5) is 0. The third-order valence-corrected chi connectivity index (χ3v) is 7.44. The highest BCUT2D eigenvalue weighted by molar-refractivity contribution is 6.69. The third-order valence-electron chi connectivity index (χ3n) is 1.74. The van der Waals surface area contributed by atoms with E-state index in [0.29, 0.717) is 0 Å². The zero-order valence-corrected chi connectivity index (χ0v) is 11.6. The fraction of sp³-hybridized carbons (Fsp3) is 0.714. The summed E-state index contributed by atoms with van der Waals surface area (Å²) in [6.45, 7) is 4.35. The second-order valence-electron chi connectivity index (χ2n) is 2.77. The molecule has 4 heteroatoms. The van der Waals surface area contributed by atoms with E-state index < -0.39 is 0 Å². The predicted octanol–water partition coefficient (Wildman–Crippen LogP) is 1.85. The highest BCUT2D eigenvalue weighted by Gasteiger charge is 1.99. The maximum Gasteiger partial charge on any atom is 0.0907 e. The van der Waals surface area contributed by atoms with Gasteiger partial charge in [0.1, 0.15) is 0 Å². The molecule has 0 nitrogen and oxygen atoms in total. The molecule has 0 aromatic heterocycles. The van der Waals surface area contributed by atoms with Crippen molar-refractivity contribution in [3.05, 3.63) is 11.3 Å². The average Bonchev–Trinajstić information content (AvgIpc) is 1.97. The summed E-state index contributed by atoms with van der Waals surface area (Å²) in [5, 5.41) is 1.61. The Morgan fingerprint density at radius 3 is 2.55 bits per heavy atom. The Hall–Kier alpha value is 0.754. The molecule has 0 saturated heterocycles. The van der Waals surface area contributed by atoms with Crippen LogP contribution in [0.25, 0.3) is 0 Å². The molecule has 0 spiro atoms. The first-order valence-corrected chi connectivity index (χ1v) is 8.46. The Morgan fingerprint density at radius 1 is 1.45 bits per heavy atom. The van der Waals surface area contributed by atoms with Gasteiger partial charge in [-0.3, -0.25) is 0 Å². The lowest BCUT2D eigenvalue weighted by Gasteiger charge is -1.99. The van der Waals surface area contributed by atoms with E-state index in [1.807, 2.05) is 0 Å². The molecule has 0 unspecified atom stereocenters. The first kappa shape index (κ1) is 11.8. The highest BCUT2D eigenvalue weighted by Crippen LogP contribution is 2.04. The lowest BCUT2D eigenvalue weighted by Crippen LogP contribution is -2.02. The molecule has 0 aliphatic heterocycles.